The molecule has 1 unspecified atom stereocenters. The standard InChI is InChI=1S/C13H11O2P/c14-9-16-13-8-4-2-6-11(13)10-5-1-3-7-12(10)15-16/h1-8,14H,9H2. The zero-order chi connectivity index (χ0) is 11.0. The molecule has 0 radical (unpaired) electrons. The first-order valence-electron chi connectivity index (χ1n) is 5.15. The molecular weight excluding hydrogens is 219 g/mol. The summed E-state index contributed by atoms with van der Waals surface area (Å²) in [7, 11) is -0.916. The second kappa shape index (κ2) is 3.89. The molecular formula is C13H11O2P. The number of fused-ring (bicyclic) bond motifs is 3. The van der Waals surface area contributed by atoms with E-state index < -0.39 is 8.15 Å². The average Bonchev–Trinajstić information content (AvgIpc) is 2.38. The van der Waals surface area contributed by atoms with Gasteiger partial charge in [-0.15, -0.1) is 0 Å². The monoisotopic (exact) mass is 230 g/mol. The van der Waals surface area contributed by atoms with Crippen LogP contribution >= 0.6 is 8.15 Å². The molecule has 0 spiro atoms. The zero-order valence-electron chi connectivity index (χ0n) is 8.63. The van der Waals surface area contributed by atoms with Crippen molar-refractivity contribution in [3.8, 4) is 16.9 Å². The lowest BCUT2D eigenvalue weighted by molar-refractivity contribution is 0.360. The Labute approximate surface area is 95.3 Å². The fourth-order valence-electron chi connectivity index (χ4n) is 1.96. The molecule has 0 aliphatic carbocycles. The van der Waals surface area contributed by atoms with Crippen LogP contribution in [0.2, 0.25) is 0 Å². The van der Waals surface area contributed by atoms with E-state index in [1.807, 2.05) is 36.4 Å². The topological polar surface area (TPSA) is 29.5 Å². The molecule has 0 fully saturated rings. The fourth-order valence-corrected chi connectivity index (χ4v) is 3.38. The Morgan fingerprint density at radius 2 is 1.62 bits per heavy atom. The molecule has 0 bridgehead atoms. The molecule has 2 nitrogen and oxygen atoms in total. The Morgan fingerprint density at radius 3 is 2.44 bits per heavy atom. The summed E-state index contributed by atoms with van der Waals surface area (Å²) in [6.45, 7) is 0. The van der Waals surface area contributed by atoms with E-state index in [0.717, 1.165) is 16.6 Å². The summed E-state index contributed by atoms with van der Waals surface area (Å²) in [6, 6.07) is 16.1. The van der Waals surface area contributed by atoms with Crippen LogP contribution < -0.4 is 9.83 Å². The van der Waals surface area contributed by atoms with Crippen molar-refractivity contribution in [1.82, 2.24) is 0 Å². The maximum absolute atomic E-state index is 9.37. The summed E-state index contributed by atoms with van der Waals surface area (Å²) >= 11 is 0. The van der Waals surface area contributed by atoms with Crippen molar-refractivity contribution >= 4 is 13.5 Å². The minimum atomic E-state index is -0.916. The van der Waals surface area contributed by atoms with Crippen LogP contribution in [0.4, 0.5) is 0 Å². The Hall–Kier alpha value is -1.37. The minimum absolute atomic E-state index is 0.0701. The zero-order valence-corrected chi connectivity index (χ0v) is 9.52. The SMILES string of the molecule is OCP1Oc2ccccc2-c2ccccc21. The summed E-state index contributed by atoms with van der Waals surface area (Å²) < 4.78 is 5.82. The molecule has 0 saturated heterocycles. The molecule has 0 amide bonds. The van der Waals surface area contributed by atoms with Crippen molar-refractivity contribution in [2.75, 3.05) is 6.35 Å². The van der Waals surface area contributed by atoms with Crippen LogP contribution in [-0.4, -0.2) is 11.5 Å². The molecule has 3 rings (SSSR count). The summed E-state index contributed by atoms with van der Waals surface area (Å²) in [4.78, 5) is 0. The highest BCUT2D eigenvalue weighted by Crippen LogP contribution is 2.47. The van der Waals surface area contributed by atoms with E-state index in [1.165, 1.54) is 5.56 Å². The second-order valence-electron chi connectivity index (χ2n) is 3.62. The number of benzene rings is 2. The van der Waals surface area contributed by atoms with Gasteiger partial charge in [-0.05, 0) is 11.6 Å². The van der Waals surface area contributed by atoms with Gasteiger partial charge in [0, 0.05) is 10.9 Å². The van der Waals surface area contributed by atoms with Crippen molar-refractivity contribution in [3.05, 3.63) is 48.5 Å². The quantitative estimate of drug-likeness (QED) is 0.763. The molecule has 0 saturated carbocycles. The number of hydrogen-bond donors (Lipinski definition) is 1. The molecule has 1 aliphatic heterocycles. The summed E-state index contributed by atoms with van der Waals surface area (Å²) in [6.07, 6.45) is 0.0701. The van der Waals surface area contributed by atoms with Gasteiger partial charge < -0.3 is 9.63 Å². The van der Waals surface area contributed by atoms with Crippen molar-refractivity contribution in [3.63, 3.8) is 0 Å². The lowest BCUT2D eigenvalue weighted by Gasteiger charge is -2.26. The maximum atomic E-state index is 9.37. The molecule has 80 valence electrons. The molecule has 3 heteroatoms. The van der Waals surface area contributed by atoms with E-state index in [9.17, 15) is 5.11 Å². The van der Waals surface area contributed by atoms with Gasteiger partial charge in [0.15, 0.2) is 0 Å². The molecule has 1 atom stereocenters. The van der Waals surface area contributed by atoms with Gasteiger partial charge in [0.05, 0.1) is 0 Å². The Kier molecular flexibility index (Phi) is 2.39. The maximum Gasteiger partial charge on any atom is 0.145 e. The van der Waals surface area contributed by atoms with Gasteiger partial charge in [-0.25, -0.2) is 0 Å². The lowest BCUT2D eigenvalue weighted by Crippen LogP contribution is -2.15. The Bertz CT molecular complexity index is 525. The Balaban J connectivity index is 2.24. The molecule has 1 N–H and O–H groups in total. The summed E-state index contributed by atoms with van der Waals surface area (Å²) in [5.74, 6) is 0.876. The molecule has 1 heterocycles. The number of aliphatic hydroxyl groups is 1. The summed E-state index contributed by atoms with van der Waals surface area (Å²) in [5.41, 5.74) is 2.30. The van der Waals surface area contributed by atoms with E-state index in [4.69, 9.17) is 4.52 Å². The van der Waals surface area contributed by atoms with Crippen molar-refractivity contribution < 1.29 is 9.63 Å². The van der Waals surface area contributed by atoms with E-state index >= 15 is 0 Å². The van der Waals surface area contributed by atoms with E-state index in [-0.39, 0.29) is 6.35 Å². The van der Waals surface area contributed by atoms with Crippen LogP contribution in [0.15, 0.2) is 48.5 Å². The molecule has 2 aromatic rings. The van der Waals surface area contributed by atoms with Gasteiger partial charge in [-0.2, -0.15) is 0 Å². The van der Waals surface area contributed by atoms with Crippen LogP contribution in [0.1, 0.15) is 0 Å². The van der Waals surface area contributed by atoms with Gasteiger partial charge in [-0.3, -0.25) is 0 Å². The highest BCUT2D eigenvalue weighted by Gasteiger charge is 2.24. The van der Waals surface area contributed by atoms with E-state index in [2.05, 4.69) is 12.1 Å². The van der Waals surface area contributed by atoms with Gasteiger partial charge in [0.1, 0.15) is 20.2 Å². The molecule has 2 aromatic carbocycles. The van der Waals surface area contributed by atoms with Gasteiger partial charge in [0.2, 0.25) is 0 Å². The van der Waals surface area contributed by atoms with Crippen LogP contribution in [0, 0.1) is 0 Å². The molecule has 1 aliphatic rings. The smallest absolute Gasteiger partial charge is 0.145 e. The van der Waals surface area contributed by atoms with Crippen LogP contribution in [0.5, 0.6) is 5.75 Å². The molecule has 16 heavy (non-hydrogen) atoms. The second-order valence-corrected chi connectivity index (χ2v) is 5.33. The first-order valence-corrected chi connectivity index (χ1v) is 6.59. The normalized spacial score (nSPS) is 17.2. The number of para-hydroxylation sites is 1. The van der Waals surface area contributed by atoms with Crippen molar-refractivity contribution in [1.29, 1.82) is 0 Å². The summed E-state index contributed by atoms with van der Waals surface area (Å²) in [5, 5.41) is 10.5. The third-order valence-electron chi connectivity index (χ3n) is 2.69. The lowest BCUT2D eigenvalue weighted by atomic mass is 10.0. The van der Waals surface area contributed by atoms with Gasteiger partial charge >= 0.3 is 0 Å². The first-order chi connectivity index (χ1) is 7.90. The van der Waals surface area contributed by atoms with Crippen LogP contribution in [0.25, 0.3) is 11.1 Å². The van der Waals surface area contributed by atoms with Gasteiger partial charge in [-0.1, -0.05) is 42.5 Å². The largest absolute Gasteiger partial charge is 0.466 e. The highest BCUT2D eigenvalue weighted by atomic mass is 31.1. The number of aliphatic hydroxyl groups excluding tert-OH is 1. The highest BCUT2D eigenvalue weighted by molar-refractivity contribution is 7.61. The van der Waals surface area contributed by atoms with E-state index in [1.54, 1.807) is 0 Å². The van der Waals surface area contributed by atoms with Gasteiger partial charge in [0.25, 0.3) is 0 Å². The van der Waals surface area contributed by atoms with Crippen LogP contribution in [0.3, 0.4) is 0 Å². The Morgan fingerprint density at radius 1 is 0.938 bits per heavy atom. The third-order valence-corrected chi connectivity index (χ3v) is 4.29. The minimum Gasteiger partial charge on any atom is -0.466 e. The van der Waals surface area contributed by atoms with E-state index in [0.29, 0.717) is 0 Å². The van der Waals surface area contributed by atoms with Crippen LogP contribution in [-0.2, 0) is 0 Å². The first kappa shape index (κ1) is 9.83. The predicted molar refractivity (Wildman–Crippen MR) is 66.1 cm³/mol. The van der Waals surface area contributed by atoms with Crippen molar-refractivity contribution in [2.24, 2.45) is 0 Å². The number of hydrogen-bond acceptors (Lipinski definition) is 2. The average molecular weight is 230 g/mol. The third kappa shape index (κ3) is 1.42. The molecule has 0 aromatic heterocycles. The predicted octanol–water partition coefficient (Wildman–Crippen LogP) is 2.72. The van der Waals surface area contributed by atoms with Crippen molar-refractivity contribution in [2.45, 2.75) is 0 Å². The number of rotatable bonds is 1. The fraction of sp³-hybridized carbons (Fsp3) is 0.0769.